The number of unbranched alkanes of at least 4 members (excludes halogenated alkanes) is 2. The molecule has 0 spiro atoms. The Labute approximate surface area is 131 Å². The van der Waals surface area contributed by atoms with E-state index in [0.717, 1.165) is 19.0 Å². The zero-order valence-electron chi connectivity index (χ0n) is 14.3. The molecular weight excluding hydrogens is 262 g/mol. The summed E-state index contributed by atoms with van der Waals surface area (Å²) in [4.78, 5) is 9.29. The summed E-state index contributed by atoms with van der Waals surface area (Å²) in [5.74, 6) is 0.946. The Morgan fingerprint density at radius 1 is 1.00 bits per heavy atom. The highest BCUT2D eigenvalue weighted by Gasteiger charge is 2.11. The second-order valence-corrected chi connectivity index (χ2v) is 5.98. The molecule has 0 aromatic rings. The van der Waals surface area contributed by atoms with Crippen molar-refractivity contribution in [1.29, 1.82) is 0 Å². The number of nitrogens with one attached hydrogen (secondary N) is 2. The number of guanidine groups is 1. The van der Waals surface area contributed by atoms with Gasteiger partial charge in [-0.15, -0.1) is 0 Å². The van der Waals surface area contributed by atoms with E-state index in [0.29, 0.717) is 0 Å². The third-order valence-electron chi connectivity index (χ3n) is 4.05. The summed E-state index contributed by atoms with van der Waals surface area (Å²) in [6.07, 6.45) is 6.24. The maximum Gasteiger partial charge on any atom is 0.190 e. The van der Waals surface area contributed by atoms with Gasteiger partial charge in [-0.2, -0.15) is 0 Å². The van der Waals surface area contributed by atoms with Crippen LogP contribution in [0.1, 0.15) is 39.0 Å². The molecule has 1 aliphatic heterocycles. The lowest BCUT2D eigenvalue weighted by Gasteiger charge is -2.20. The molecule has 0 saturated carbocycles. The van der Waals surface area contributed by atoms with E-state index in [1.165, 1.54) is 64.8 Å². The van der Waals surface area contributed by atoms with Gasteiger partial charge in [-0.25, -0.2) is 0 Å². The second kappa shape index (κ2) is 11.8. The first-order valence-electron chi connectivity index (χ1n) is 8.61. The van der Waals surface area contributed by atoms with E-state index in [1.54, 1.807) is 0 Å². The van der Waals surface area contributed by atoms with Crippen LogP contribution in [0.2, 0.25) is 0 Å². The maximum absolute atomic E-state index is 4.27. The molecule has 0 bridgehead atoms. The van der Waals surface area contributed by atoms with Crippen LogP contribution in [-0.4, -0.2) is 75.7 Å². The van der Waals surface area contributed by atoms with Gasteiger partial charge in [-0.05, 0) is 45.9 Å². The SMILES string of the molecule is CCCCCNC(=NC)NCCCN1CCCN(C)CC1. The number of hydrogen-bond acceptors (Lipinski definition) is 3. The van der Waals surface area contributed by atoms with Crippen molar-refractivity contribution in [3.8, 4) is 0 Å². The standard InChI is InChI=1S/C16H35N5/c1-4-5-6-9-18-16(17-2)19-10-7-12-21-13-8-11-20(3)14-15-21/h4-15H2,1-3H3,(H2,17,18,19). The normalized spacial score (nSPS) is 18.5. The first-order chi connectivity index (χ1) is 10.3. The van der Waals surface area contributed by atoms with Gasteiger partial charge in [0.2, 0.25) is 0 Å². The second-order valence-electron chi connectivity index (χ2n) is 5.98. The van der Waals surface area contributed by atoms with Crippen LogP contribution in [0.15, 0.2) is 4.99 Å². The lowest BCUT2D eigenvalue weighted by molar-refractivity contribution is 0.274. The molecule has 124 valence electrons. The summed E-state index contributed by atoms with van der Waals surface area (Å²) in [7, 11) is 4.07. The Morgan fingerprint density at radius 3 is 2.48 bits per heavy atom. The van der Waals surface area contributed by atoms with Gasteiger partial charge in [-0.3, -0.25) is 4.99 Å². The molecule has 21 heavy (non-hydrogen) atoms. The lowest BCUT2D eigenvalue weighted by atomic mass is 10.2. The van der Waals surface area contributed by atoms with Crippen molar-refractivity contribution in [3.63, 3.8) is 0 Å². The van der Waals surface area contributed by atoms with E-state index in [9.17, 15) is 0 Å². The van der Waals surface area contributed by atoms with E-state index in [4.69, 9.17) is 0 Å². The topological polar surface area (TPSA) is 42.9 Å². The summed E-state index contributed by atoms with van der Waals surface area (Å²) in [6, 6.07) is 0. The van der Waals surface area contributed by atoms with Crippen molar-refractivity contribution < 1.29 is 0 Å². The largest absolute Gasteiger partial charge is 0.356 e. The van der Waals surface area contributed by atoms with Crippen LogP contribution < -0.4 is 10.6 Å². The van der Waals surface area contributed by atoms with E-state index < -0.39 is 0 Å². The quantitative estimate of drug-likeness (QED) is 0.403. The summed E-state index contributed by atoms with van der Waals surface area (Å²) >= 11 is 0. The smallest absolute Gasteiger partial charge is 0.190 e. The molecule has 1 saturated heterocycles. The lowest BCUT2D eigenvalue weighted by Crippen LogP contribution is -2.39. The van der Waals surface area contributed by atoms with E-state index in [1.807, 2.05) is 7.05 Å². The molecule has 0 unspecified atom stereocenters. The molecule has 0 aromatic carbocycles. The van der Waals surface area contributed by atoms with Crippen molar-refractivity contribution >= 4 is 5.96 Å². The molecule has 0 amide bonds. The molecule has 1 rings (SSSR count). The van der Waals surface area contributed by atoms with Crippen molar-refractivity contribution in [3.05, 3.63) is 0 Å². The minimum Gasteiger partial charge on any atom is -0.356 e. The van der Waals surface area contributed by atoms with Crippen LogP contribution in [0.3, 0.4) is 0 Å². The van der Waals surface area contributed by atoms with Crippen LogP contribution in [-0.2, 0) is 0 Å². The molecule has 0 aliphatic carbocycles. The molecule has 0 radical (unpaired) electrons. The average molecular weight is 297 g/mol. The number of aliphatic imine (C=N–C) groups is 1. The van der Waals surface area contributed by atoms with Gasteiger partial charge < -0.3 is 20.4 Å². The van der Waals surface area contributed by atoms with Crippen molar-refractivity contribution in [2.45, 2.75) is 39.0 Å². The Bertz CT molecular complexity index is 280. The molecular formula is C16H35N5. The molecule has 0 atom stereocenters. The summed E-state index contributed by atoms with van der Waals surface area (Å²) in [5.41, 5.74) is 0. The van der Waals surface area contributed by atoms with Gasteiger partial charge in [0.25, 0.3) is 0 Å². The first-order valence-corrected chi connectivity index (χ1v) is 8.61. The number of likely N-dealkylation sites (N-methyl/N-ethyl adjacent to an activating group) is 1. The Morgan fingerprint density at radius 2 is 1.76 bits per heavy atom. The average Bonchev–Trinajstić information content (AvgIpc) is 2.70. The fourth-order valence-corrected chi connectivity index (χ4v) is 2.64. The Hall–Kier alpha value is -0.810. The maximum atomic E-state index is 4.27. The van der Waals surface area contributed by atoms with Gasteiger partial charge in [-0.1, -0.05) is 19.8 Å². The zero-order chi connectivity index (χ0) is 15.3. The predicted molar refractivity (Wildman–Crippen MR) is 92.1 cm³/mol. The molecule has 1 heterocycles. The minimum atomic E-state index is 0.946. The van der Waals surface area contributed by atoms with Gasteiger partial charge in [0.15, 0.2) is 5.96 Å². The van der Waals surface area contributed by atoms with E-state index >= 15 is 0 Å². The summed E-state index contributed by atoms with van der Waals surface area (Å²) in [5, 5.41) is 6.79. The predicted octanol–water partition coefficient (Wildman–Crippen LogP) is 1.37. The van der Waals surface area contributed by atoms with Crippen molar-refractivity contribution in [2.24, 2.45) is 4.99 Å². The van der Waals surface area contributed by atoms with Crippen LogP contribution in [0.25, 0.3) is 0 Å². The highest BCUT2D eigenvalue weighted by atomic mass is 15.2. The van der Waals surface area contributed by atoms with E-state index in [-0.39, 0.29) is 0 Å². The van der Waals surface area contributed by atoms with Crippen LogP contribution >= 0.6 is 0 Å². The van der Waals surface area contributed by atoms with Crippen LogP contribution in [0, 0.1) is 0 Å². The van der Waals surface area contributed by atoms with Gasteiger partial charge >= 0.3 is 0 Å². The molecule has 2 N–H and O–H groups in total. The van der Waals surface area contributed by atoms with Gasteiger partial charge in [0, 0.05) is 33.2 Å². The van der Waals surface area contributed by atoms with Crippen LogP contribution in [0.4, 0.5) is 0 Å². The molecule has 5 heteroatoms. The molecule has 1 aliphatic rings. The third-order valence-corrected chi connectivity index (χ3v) is 4.05. The number of hydrogen-bond donors (Lipinski definition) is 2. The monoisotopic (exact) mass is 297 g/mol. The zero-order valence-corrected chi connectivity index (χ0v) is 14.3. The van der Waals surface area contributed by atoms with Crippen LogP contribution in [0.5, 0.6) is 0 Å². The molecule has 0 aromatic heterocycles. The highest BCUT2D eigenvalue weighted by molar-refractivity contribution is 5.79. The minimum absolute atomic E-state index is 0.946. The number of nitrogens with zero attached hydrogens (tertiary/aromatic N) is 3. The Kier molecular flexibility index (Phi) is 10.3. The van der Waals surface area contributed by atoms with Crippen molar-refractivity contribution in [2.75, 3.05) is 59.9 Å². The molecule has 5 nitrogen and oxygen atoms in total. The van der Waals surface area contributed by atoms with Gasteiger partial charge in [0.05, 0.1) is 0 Å². The van der Waals surface area contributed by atoms with E-state index in [2.05, 4.69) is 39.4 Å². The fraction of sp³-hybridized carbons (Fsp3) is 0.938. The van der Waals surface area contributed by atoms with Crippen molar-refractivity contribution in [1.82, 2.24) is 20.4 Å². The number of rotatable bonds is 8. The molecule has 1 fully saturated rings. The first kappa shape index (κ1) is 18.2. The highest BCUT2D eigenvalue weighted by Crippen LogP contribution is 2.01. The van der Waals surface area contributed by atoms with Gasteiger partial charge in [0.1, 0.15) is 0 Å². The summed E-state index contributed by atoms with van der Waals surface area (Å²) in [6.45, 7) is 10.3. The summed E-state index contributed by atoms with van der Waals surface area (Å²) < 4.78 is 0. The third kappa shape index (κ3) is 8.94. The Balaban J connectivity index is 2.06. The fourth-order valence-electron chi connectivity index (χ4n) is 2.64.